The fraction of sp³-hybridized carbons (Fsp3) is 0.556. The fourth-order valence-corrected chi connectivity index (χ4v) is 3.00. The molecule has 1 saturated heterocycles. The summed E-state index contributed by atoms with van der Waals surface area (Å²) in [7, 11) is 1.61. The minimum Gasteiger partial charge on any atom is -0.497 e. The van der Waals surface area contributed by atoms with Gasteiger partial charge in [0, 0.05) is 37.8 Å². The lowest BCUT2D eigenvalue weighted by atomic mass is 10.2. The van der Waals surface area contributed by atoms with Crippen molar-refractivity contribution in [2.45, 2.75) is 25.8 Å². The molecular weight excluding hydrogens is 306 g/mol. The molecule has 1 heterocycles. The number of hydrogen-bond donors (Lipinski definition) is 1. The Morgan fingerprint density at radius 3 is 2.29 bits per heavy atom. The lowest BCUT2D eigenvalue weighted by molar-refractivity contribution is -0.135. The summed E-state index contributed by atoms with van der Waals surface area (Å²) < 4.78 is 5.11. The third-order valence-electron chi connectivity index (χ3n) is 4.84. The zero-order valence-electron chi connectivity index (χ0n) is 14.3. The van der Waals surface area contributed by atoms with Crippen molar-refractivity contribution in [2.75, 3.05) is 38.6 Å². The van der Waals surface area contributed by atoms with E-state index >= 15 is 0 Å². The second kappa shape index (κ2) is 7.21. The number of anilines is 1. The largest absolute Gasteiger partial charge is 0.497 e. The molecular formula is C18H25N3O3. The maximum atomic E-state index is 12.4. The van der Waals surface area contributed by atoms with Crippen molar-refractivity contribution in [3.8, 4) is 5.75 Å². The Bertz CT molecular complexity index is 590. The van der Waals surface area contributed by atoms with E-state index in [1.54, 1.807) is 7.11 Å². The molecule has 130 valence electrons. The second-order valence-corrected chi connectivity index (χ2v) is 6.53. The Hall–Kier alpha value is -2.08. The predicted octanol–water partition coefficient (Wildman–Crippen LogP) is 1.58. The highest BCUT2D eigenvalue weighted by atomic mass is 16.5. The molecule has 1 atom stereocenters. The summed E-state index contributed by atoms with van der Waals surface area (Å²) in [5.74, 6) is 1.30. The van der Waals surface area contributed by atoms with Crippen molar-refractivity contribution in [1.82, 2.24) is 9.80 Å². The first kappa shape index (κ1) is 16.8. The van der Waals surface area contributed by atoms with Crippen molar-refractivity contribution < 1.29 is 14.3 Å². The van der Waals surface area contributed by atoms with Crippen molar-refractivity contribution in [3.63, 3.8) is 0 Å². The number of piperazine rings is 1. The van der Waals surface area contributed by atoms with Gasteiger partial charge in [0.1, 0.15) is 5.75 Å². The van der Waals surface area contributed by atoms with Gasteiger partial charge in [-0.25, -0.2) is 0 Å². The number of rotatable bonds is 5. The average Bonchev–Trinajstić information content (AvgIpc) is 3.46. The van der Waals surface area contributed by atoms with E-state index in [1.165, 1.54) is 0 Å². The van der Waals surface area contributed by atoms with Gasteiger partial charge >= 0.3 is 0 Å². The molecule has 0 aromatic heterocycles. The highest BCUT2D eigenvalue weighted by Crippen LogP contribution is 2.31. The van der Waals surface area contributed by atoms with E-state index in [-0.39, 0.29) is 17.9 Å². The van der Waals surface area contributed by atoms with E-state index in [1.807, 2.05) is 36.1 Å². The smallest absolute Gasteiger partial charge is 0.241 e. The first-order valence-corrected chi connectivity index (χ1v) is 8.56. The number of ether oxygens (including phenoxy) is 1. The van der Waals surface area contributed by atoms with Crippen LogP contribution in [0.4, 0.5) is 5.69 Å². The van der Waals surface area contributed by atoms with E-state index in [0.717, 1.165) is 50.5 Å². The topological polar surface area (TPSA) is 61.9 Å². The predicted molar refractivity (Wildman–Crippen MR) is 92.0 cm³/mol. The van der Waals surface area contributed by atoms with Crippen molar-refractivity contribution in [1.29, 1.82) is 0 Å². The zero-order valence-corrected chi connectivity index (χ0v) is 14.3. The first-order chi connectivity index (χ1) is 11.6. The molecule has 2 aliphatic rings. The Balaban J connectivity index is 1.49. The van der Waals surface area contributed by atoms with Gasteiger partial charge in [-0.2, -0.15) is 0 Å². The van der Waals surface area contributed by atoms with Gasteiger partial charge in [0.25, 0.3) is 0 Å². The van der Waals surface area contributed by atoms with Crippen LogP contribution in [0.5, 0.6) is 5.75 Å². The molecule has 2 amide bonds. The van der Waals surface area contributed by atoms with Gasteiger partial charge in [0.2, 0.25) is 11.8 Å². The molecule has 1 aromatic rings. The van der Waals surface area contributed by atoms with Gasteiger partial charge in [-0.05, 0) is 44.0 Å². The first-order valence-electron chi connectivity index (χ1n) is 8.56. The second-order valence-electron chi connectivity index (χ2n) is 6.53. The summed E-state index contributed by atoms with van der Waals surface area (Å²) in [4.78, 5) is 28.6. The van der Waals surface area contributed by atoms with E-state index in [9.17, 15) is 9.59 Å². The SMILES string of the molecule is COc1ccc(NC(=O)C(C)N2CCN(C(=O)C3CC3)CC2)cc1. The van der Waals surface area contributed by atoms with Gasteiger partial charge in [-0.15, -0.1) is 0 Å². The molecule has 1 unspecified atom stereocenters. The number of benzene rings is 1. The highest BCUT2D eigenvalue weighted by Gasteiger charge is 2.35. The van der Waals surface area contributed by atoms with Crippen LogP contribution in [0.3, 0.4) is 0 Å². The molecule has 6 nitrogen and oxygen atoms in total. The average molecular weight is 331 g/mol. The summed E-state index contributed by atoms with van der Waals surface area (Å²) in [5, 5.41) is 2.94. The number of nitrogens with zero attached hydrogens (tertiary/aromatic N) is 2. The summed E-state index contributed by atoms with van der Waals surface area (Å²) >= 11 is 0. The standard InChI is InChI=1S/C18H25N3O3/c1-13(17(22)19-15-5-7-16(24-2)8-6-15)20-9-11-21(12-10-20)18(23)14-3-4-14/h5-8,13-14H,3-4,9-12H2,1-2H3,(H,19,22). The normalized spacial score (nSPS) is 19.7. The van der Waals surface area contributed by atoms with Crippen LogP contribution in [-0.4, -0.2) is 60.9 Å². The maximum absolute atomic E-state index is 12.4. The summed E-state index contributed by atoms with van der Waals surface area (Å²) in [6.45, 7) is 4.84. The van der Waals surface area contributed by atoms with E-state index < -0.39 is 0 Å². The molecule has 24 heavy (non-hydrogen) atoms. The van der Waals surface area contributed by atoms with Crippen LogP contribution < -0.4 is 10.1 Å². The molecule has 3 rings (SSSR count). The summed E-state index contributed by atoms with van der Waals surface area (Å²) in [5.41, 5.74) is 0.759. The third kappa shape index (κ3) is 3.87. The number of hydrogen-bond acceptors (Lipinski definition) is 4. The number of carbonyl (C=O) groups is 2. The number of nitrogens with one attached hydrogen (secondary N) is 1. The number of methoxy groups -OCH3 is 1. The fourth-order valence-electron chi connectivity index (χ4n) is 3.00. The zero-order chi connectivity index (χ0) is 17.1. The molecule has 1 aromatic carbocycles. The number of carbonyl (C=O) groups excluding carboxylic acids is 2. The molecule has 1 saturated carbocycles. The molecule has 0 radical (unpaired) electrons. The van der Waals surface area contributed by atoms with Crippen LogP contribution in [-0.2, 0) is 9.59 Å². The van der Waals surface area contributed by atoms with Crippen LogP contribution in [0, 0.1) is 5.92 Å². The van der Waals surface area contributed by atoms with Crippen LogP contribution in [0.15, 0.2) is 24.3 Å². The molecule has 0 bridgehead atoms. The molecule has 1 aliphatic heterocycles. The van der Waals surface area contributed by atoms with Gasteiger partial charge in [-0.3, -0.25) is 14.5 Å². The Morgan fingerprint density at radius 1 is 1.12 bits per heavy atom. The quantitative estimate of drug-likeness (QED) is 0.890. The molecule has 6 heteroatoms. The van der Waals surface area contributed by atoms with E-state index in [2.05, 4.69) is 10.2 Å². The Morgan fingerprint density at radius 2 is 1.75 bits per heavy atom. The molecule has 0 spiro atoms. The maximum Gasteiger partial charge on any atom is 0.241 e. The third-order valence-corrected chi connectivity index (χ3v) is 4.84. The number of amides is 2. The van der Waals surface area contributed by atoms with Gasteiger partial charge in [-0.1, -0.05) is 0 Å². The minimum atomic E-state index is -0.217. The lowest BCUT2D eigenvalue weighted by Crippen LogP contribution is -2.54. The molecule has 2 fully saturated rings. The van der Waals surface area contributed by atoms with Crippen molar-refractivity contribution >= 4 is 17.5 Å². The minimum absolute atomic E-state index is 0.0258. The van der Waals surface area contributed by atoms with Crippen LogP contribution in [0.25, 0.3) is 0 Å². The summed E-state index contributed by atoms with van der Waals surface area (Å²) in [6, 6.07) is 7.08. The highest BCUT2D eigenvalue weighted by molar-refractivity contribution is 5.94. The van der Waals surface area contributed by atoms with E-state index in [4.69, 9.17) is 4.74 Å². The Labute approximate surface area is 142 Å². The Kier molecular flexibility index (Phi) is 5.04. The van der Waals surface area contributed by atoms with Crippen LogP contribution in [0.2, 0.25) is 0 Å². The van der Waals surface area contributed by atoms with Crippen molar-refractivity contribution in [3.05, 3.63) is 24.3 Å². The van der Waals surface area contributed by atoms with Gasteiger partial charge < -0.3 is 15.0 Å². The molecule has 1 N–H and O–H groups in total. The van der Waals surface area contributed by atoms with Gasteiger partial charge in [0.05, 0.1) is 13.2 Å². The van der Waals surface area contributed by atoms with Gasteiger partial charge in [0.15, 0.2) is 0 Å². The van der Waals surface area contributed by atoms with Crippen molar-refractivity contribution in [2.24, 2.45) is 5.92 Å². The van der Waals surface area contributed by atoms with Crippen LogP contribution >= 0.6 is 0 Å². The van der Waals surface area contributed by atoms with E-state index in [0.29, 0.717) is 5.91 Å². The van der Waals surface area contributed by atoms with Crippen LogP contribution in [0.1, 0.15) is 19.8 Å². The lowest BCUT2D eigenvalue weighted by Gasteiger charge is -2.37. The summed E-state index contributed by atoms with van der Waals surface area (Å²) in [6.07, 6.45) is 2.08. The monoisotopic (exact) mass is 331 g/mol. The molecule has 1 aliphatic carbocycles.